The van der Waals surface area contributed by atoms with Gasteiger partial charge in [-0.2, -0.15) is 0 Å². The molecule has 0 fully saturated rings. The minimum absolute atomic E-state index is 0.107. The van der Waals surface area contributed by atoms with E-state index in [9.17, 15) is 18.7 Å². The van der Waals surface area contributed by atoms with E-state index in [1.807, 2.05) is 32.0 Å². The summed E-state index contributed by atoms with van der Waals surface area (Å²) in [7, 11) is 3.26. The van der Waals surface area contributed by atoms with Crippen LogP contribution in [0.4, 0.5) is 8.78 Å². The smallest absolute Gasteiger partial charge is 0.223 e. The van der Waals surface area contributed by atoms with Crippen LogP contribution in [0, 0.1) is 35.3 Å². The van der Waals surface area contributed by atoms with Crippen molar-refractivity contribution in [1.82, 2.24) is 5.32 Å². The van der Waals surface area contributed by atoms with Crippen LogP contribution in [-0.2, 0) is 22.5 Å². The van der Waals surface area contributed by atoms with Crippen molar-refractivity contribution in [2.45, 2.75) is 72.1 Å². The van der Waals surface area contributed by atoms with E-state index in [-0.39, 0.29) is 36.3 Å². The van der Waals surface area contributed by atoms with Crippen LogP contribution in [0.25, 0.3) is 0 Å². The first-order chi connectivity index (χ1) is 19.5. The largest absolute Gasteiger partial charge is 0.493 e. The van der Waals surface area contributed by atoms with Gasteiger partial charge in [-0.25, -0.2) is 8.78 Å². The molecule has 230 valence electrons. The molecule has 0 aliphatic heterocycles. The molecule has 0 aromatic heterocycles. The molecule has 0 heterocycles. The van der Waals surface area contributed by atoms with E-state index in [1.165, 1.54) is 6.07 Å². The molecule has 0 saturated carbocycles. The average molecular weight is 579 g/mol. The van der Waals surface area contributed by atoms with Crippen molar-refractivity contribution in [2.75, 3.05) is 27.4 Å². The topological polar surface area (TPSA) is 103 Å². The molecule has 2 aromatic carbocycles. The van der Waals surface area contributed by atoms with Crippen LogP contribution in [0.1, 0.15) is 58.1 Å². The van der Waals surface area contributed by atoms with Crippen molar-refractivity contribution >= 4 is 5.91 Å². The first-order valence-electron chi connectivity index (χ1n) is 14.4. The van der Waals surface area contributed by atoms with Gasteiger partial charge in [-0.15, -0.1) is 0 Å². The highest BCUT2D eigenvalue weighted by Gasteiger charge is 2.30. The zero-order valence-electron chi connectivity index (χ0n) is 25.3. The number of benzene rings is 2. The lowest BCUT2D eigenvalue weighted by Crippen LogP contribution is -2.42. The lowest BCUT2D eigenvalue weighted by atomic mass is 9.81. The third kappa shape index (κ3) is 10.9. The molecule has 9 heteroatoms. The number of aliphatic hydroxyl groups excluding tert-OH is 1. The molecular weight excluding hydrogens is 530 g/mol. The van der Waals surface area contributed by atoms with Gasteiger partial charge in [0.15, 0.2) is 11.5 Å². The van der Waals surface area contributed by atoms with Gasteiger partial charge in [-0.05, 0) is 66.8 Å². The van der Waals surface area contributed by atoms with E-state index in [0.29, 0.717) is 37.1 Å². The Morgan fingerprint density at radius 3 is 2.24 bits per heavy atom. The number of amides is 1. The van der Waals surface area contributed by atoms with Crippen LogP contribution >= 0.6 is 0 Å². The molecule has 0 aliphatic rings. The predicted molar refractivity (Wildman–Crippen MR) is 157 cm³/mol. The molecule has 7 nitrogen and oxygen atoms in total. The zero-order chi connectivity index (χ0) is 30.5. The Hall–Kier alpha value is -2.75. The van der Waals surface area contributed by atoms with Crippen LogP contribution in [0.2, 0.25) is 0 Å². The number of nitrogens with one attached hydrogen (secondary N) is 1. The van der Waals surface area contributed by atoms with Crippen LogP contribution < -0.4 is 20.5 Å². The minimum atomic E-state index is -0.921. The zero-order valence-corrected chi connectivity index (χ0v) is 25.3. The number of carbonyl (C=O) groups excluding carboxylic acids is 1. The second-order valence-corrected chi connectivity index (χ2v) is 11.4. The Bertz CT molecular complexity index is 1060. The second-order valence-electron chi connectivity index (χ2n) is 11.4. The van der Waals surface area contributed by atoms with Crippen molar-refractivity contribution in [3.8, 4) is 11.5 Å². The second kappa shape index (κ2) is 17.3. The molecule has 2 rings (SSSR count). The summed E-state index contributed by atoms with van der Waals surface area (Å²) < 4.78 is 44.5. The van der Waals surface area contributed by atoms with Crippen molar-refractivity contribution < 1.29 is 32.9 Å². The fraction of sp³-hybridized carbons (Fsp3) is 0.594. The number of halogens is 2. The lowest BCUT2D eigenvalue weighted by molar-refractivity contribution is -0.127. The highest BCUT2D eigenvalue weighted by atomic mass is 19.1. The molecule has 0 radical (unpaired) electrons. The first-order valence-corrected chi connectivity index (χ1v) is 14.4. The molecular formula is C32H48F2N2O5. The molecule has 0 aliphatic carbocycles. The molecule has 4 N–H and O–H groups in total. The summed E-state index contributed by atoms with van der Waals surface area (Å²) in [6.07, 6.45) is 1.29. The van der Waals surface area contributed by atoms with Gasteiger partial charge in [0.05, 0.1) is 19.8 Å². The summed E-state index contributed by atoms with van der Waals surface area (Å²) in [6.45, 7) is 8.87. The Balaban J connectivity index is 2.03. The maximum absolute atomic E-state index is 14.0. The van der Waals surface area contributed by atoms with E-state index in [2.05, 4.69) is 19.2 Å². The highest BCUT2D eigenvalue weighted by Crippen LogP contribution is 2.32. The standard InChI is InChI=1S/C32H48F2N2O5/c1-20(2)23(15-22-11-12-30(40-6)31(16-22)41-14-8-13-39-5)17-28(35)29(37)18-24(21(3)4)32(38)36-19-25-26(33)9-7-10-27(25)34/h7,9-12,16,20-21,23-24,28-29,37H,8,13-15,17-19,35H2,1-6H3,(H,36,38)/t23-,24-,28-,29-/m0/s1. The molecule has 0 unspecified atom stereocenters. The van der Waals surface area contributed by atoms with Gasteiger partial charge in [-0.3, -0.25) is 4.79 Å². The quantitative estimate of drug-likeness (QED) is 0.209. The van der Waals surface area contributed by atoms with Gasteiger partial charge in [-0.1, -0.05) is 39.8 Å². The molecule has 0 saturated heterocycles. The maximum atomic E-state index is 14.0. The van der Waals surface area contributed by atoms with Gasteiger partial charge in [0.25, 0.3) is 0 Å². The lowest BCUT2D eigenvalue weighted by Gasteiger charge is -2.30. The maximum Gasteiger partial charge on any atom is 0.223 e. The van der Waals surface area contributed by atoms with Crippen LogP contribution in [0.3, 0.4) is 0 Å². The van der Waals surface area contributed by atoms with E-state index in [4.69, 9.17) is 19.9 Å². The van der Waals surface area contributed by atoms with Crippen molar-refractivity contribution in [1.29, 1.82) is 0 Å². The number of methoxy groups -OCH3 is 2. The number of ether oxygens (including phenoxy) is 3. The van der Waals surface area contributed by atoms with Crippen LogP contribution in [0.15, 0.2) is 36.4 Å². The predicted octanol–water partition coefficient (Wildman–Crippen LogP) is 5.26. The Morgan fingerprint density at radius 2 is 1.66 bits per heavy atom. The average Bonchev–Trinajstić information content (AvgIpc) is 2.92. The van der Waals surface area contributed by atoms with E-state index in [0.717, 1.165) is 30.5 Å². The molecule has 1 amide bonds. The summed E-state index contributed by atoms with van der Waals surface area (Å²) >= 11 is 0. The Morgan fingerprint density at radius 1 is 0.976 bits per heavy atom. The van der Waals surface area contributed by atoms with Crippen molar-refractivity contribution in [2.24, 2.45) is 29.4 Å². The molecule has 4 atom stereocenters. The van der Waals surface area contributed by atoms with E-state index in [1.54, 1.807) is 14.2 Å². The van der Waals surface area contributed by atoms with E-state index < -0.39 is 29.7 Å². The first kappa shape index (κ1) is 34.5. The summed E-state index contributed by atoms with van der Waals surface area (Å²) in [4.78, 5) is 13.0. The summed E-state index contributed by atoms with van der Waals surface area (Å²) in [6, 6.07) is 8.93. The number of rotatable bonds is 18. The Kier molecular flexibility index (Phi) is 14.5. The number of nitrogens with two attached hydrogens (primary N) is 1. The molecule has 2 aromatic rings. The number of aliphatic hydroxyl groups is 1. The van der Waals surface area contributed by atoms with Gasteiger partial charge in [0.1, 0.15) is 11.6 Å². The fourth-order valence-electron chi connectivity index (χ4n) is 4.87. The normalized spacial score (nSPS) is 14.5. The fourth-order valence-corrected chi connectivity index (χ4v) is 4.87. The third-order valence-electron chi connectivity index (χ3n) is 7.63. The summed E-state index contributed by atoms with van der Waals surface area (Å²) in [5, 5.41) is 13.7. The molecule has 41 heavy (non-hydrogen) atoms. The van der Waals surface area contributed by atoms with Gasteiger partial charge in [0, 0.05) is 44.2 Å². The Labute approximate surface area is 243 Å². The van der Waals surface area contributed by atoms with Crippen molar-refractivity contribution in [3.05, 3.63) is 59.2 Å². The highest BCUT2D eigenvalue weighted by molar-refractivity contribution is 5.78. The molecule has 0 spiro atoms. The van der Waals surface area contributed by atoms with E-state index >= 15 is 0 Å². The summed E-state index contributed by atoms with van der Waals surface area (Å²) in [5.41, 5.74) is 7.38. The van der Waals surface area contributed by atoms with Crippen LogP contribution in [-0.4, -0.2) is 50.6 Å². The number of hydrogen-bond acceptors (Lipinski definition) is 6. The van der Waals surface area contributed by atoms with Gasteiger partial charge in [0.2, 0.25) is 5.91 Å². The number of hydrogen-bond donors (Lipinski definition) is 3. The molecule has 0 bridgehead atoms. The summed E-state index contributed by atoms with van der Waals surface area (Å²) in [5.74, 6) is -0.669. The monoisotopic (exact) mass is 578 g/mol. The SMILES string of the molecule is COCCCOc1cc(C[C@@H](C[C@H](N)[C@@H](O)C[C@H](C(=O)NCc2c(F)cccc2F)C(C)C)C(C)C)ccc1OC. The van der Waals surface area contributed by atoms with Crippen LogP contribution in [0.5, 0.6) is 11.5 Å². The minimum Gasteiger partial charge on any atom is -0.493 e. The van der Waals surface area contributed by atoms with Crippen molar-refractivity contribution in [3.63, 3.8) is 0 Å². The number of carbonyl (C=O) groups is 1. The van der Waals surface area contributed by atoms with Gasteiger partial charge >= 0.3 is 0 Å². The third-order valence-corrected chi connectivity index (χ3v) is 7.63. The van der Waals surface area contributed by atoms with Gasteiger partial charge < -0.3 is 30.4 Å².